The summed E-state index contributed by atoms with van der Waals surface area (Å²) in [6, 6.07) is 0.331. The van der Waals surface area contributed by atoms with Crippen LogP contribution in [0, 0.1) is 0 Å². The second kappa shape index (κ2) is 7.63. The van der Waals surface area contributed by atoms with E-state index in [9.17, 15) is 0 Å². The first-order valence-corrected chi connectivity index (χ1v) is 3.48. The molecule has 0 aliphatic rings. The molecule has 0 aromatic carbocycles. The number of hydrogen-bond acceptors (Lipinski definition) is 1. The molecular weight excluding hydrogens is 195 g/mol. The first-order chi connectivity index (χ1) is 4.45. The lowest BCUT2D eigenvalue weighted by Crippen LogP contribution is -3.00. The Morgan fingerprint density at radius 1 is 1.42 bits per heavy atom. The van der Waals surface area contributed by atoms with Crippen molar-refractivity contribution in [3.8, 4) is 0 Å². The molecule has 0 radical (unpaired) electrons. The Labute approximate surface area is 87.8 Å². The van der Waals surface area contributed by atoms with E-state index < -0.39 is 0 Å². The van der Waals surface area contributed by atoms with Crippen LogP contribution >= 0.6 is 12.4 Å². The van der Waals surface area contributed by atoms with Crippen LogP contribution in [-0.4, -0.2) is 44.1 Å². The van der Waals surface area contributed by atoms with Crippen LogP contribution in [0.3, 0.4) is 0 Å². The minimum Gasteiger partial charge on any atom is -1.00 e. The van der Waals surface area contributed by atoms with Gasteiger partial charge in [-0.05, 0) is 19.4 Å². The Bertz CT molecular complexity index is 146. The molecule has 0 amide bonds. The van der Waals surface area contributed by atoms with Gasteiger partial charge in [0.1, 0.15) is 12.6 Å². The van der Waals surface area contributed by atoms with Crippen molar-refractivity contribution in [1.82, 2.24) is 0 Å². The lowest BCUT2D eigenvalue weighted by Gasteiger charge is -2.25. The topological polar surface area (TPSA) is 12.4 Å². The molecule has 0 rings (SSSR count). The number of aliphatic imine (C=N–C) groups is 1. The van der Waals surface area contributed by atoms with E-state index in [4.69, 9.17) is 0 Å². The summed E-state index contributed by atoms with van der Waals surface area (Å²) in [5.74, 6) is 2.56. The maximum atomic E-state index is 4.03. The Kier molecular flexibility index (Phi) is 11.4. The average molecular weight is 213 g/mol. The second-order valence-electron chi connectivity index (χ2n) is 3.61. The molecule has 0 aromatic heterocycles. The van der Waals surface area contributed by atoms with Gasteiger partial charge in [-0.1, -0.05) is 0 Å². The van der Waals surface area contributed by atoms with Crippen molar-refractivity contribution in [2.45, 2.75) is 13.0 Å². The van der Waals surface area contributed by atoms with Crippen LogP contribution in [0.2, 0.25) is 0 Å². The summed E-state index contributed by atoms with van der Waals surface area (Å²) in [5.41, 5.74) is 0. The van der Waals surface area contributed by atoms with E-state index in [-0.39, 0.29) is 24.8 Å². The third kappa shape index (κ3) is 12.6. The third-order valence-corrected chi connectivity index (χ3v) is 1.12. The van der Waals surface area contributed by atoms with E-state index in [1.54, 1.807) is 0 Å². The van der Waals surface area contributed by atoms with Crippen molar-refractivity contribution in [2.75, 3.05) is 27.7 Å². The van der Waals surface area contributed by atoms with Crippen molar-refractivity contribution in [2.24, 2.45) is 4.99 Å². The highest BCUT2D eigenvalue weighted by atomic mass is 35.5. The number of quaternary nitrogens is 1. The summed E-state index contributed by atoms with van der Waals surface area (Å²) in [4.78, 5) is 4.03. The summed E-state index contributed by atoms with van der Waals surface area (Å²) < 4.78 is 0.937. The molecule has 1 atom stereocenters. The maximum Gasteiger partial charge on any atom is 0.105 e. The van der Waals surface area contributed by atoms with Gasteiger partial charge < -0.3 is 16.9 Å². The fourth-order valence-electron chi connectivity index (χ4n) is 0.989. The fourth-order valence-corrected chi connectivity index (χ4v) is 0.989. The van der Waals surface area contributed by atoms with E-state index in [2.05, 4.69) is 45.5 Å². The summed E-state index contributed by atoms with van der Waals surface area (Å²) in [5, 5.41) is 0. The molecule has 0 fully saturated rings. The Morgan fingerprint density at radius 2 is 1.83 bits per heavy atom. The van der Waals surface area contributed by atoms with Crippen molar-refractivity contribution in [1.29, 1.82) is 0 Å². The Morgan fingerprint density at radius 3 is 2.08 bits per heavy atom. The molecular formula is C8H18Cl2N2. The zero-order valence-corrected chi connectivity index (χ0v) is 9.74. The third-order valence-electron chi connectivity index (χ3n) is 1.12. The predicted octanol–water partition coefficient (Wildman–Crippen LogP) is -1.64. The van der Waals surface area contributed by atoms with Gasteiger partial charge in [0.15, 0.2) is 0 Å². The smallest absolute Gasteiger partial charge is 0.105 e. The number of likely N-dealkylation sites (N-methyl/N-ethyl adjacent to an activating group) is 1. The predicted molar refractivity (Wildman–Crippen MR) is 52.7 cm³/mol. The summed E-state index contributed by atoms with van der Waals surface area (Å²) in [6.45, 7) is 6.53. The lowest BCUT2D eigenvalue weighted by atomic mass is 10.3. The van der Waals surface area contributed by atoms with E-state index in [1.165, 1.54) is 0 Å². The van der Waals surface area contributed by atoms with E-state index in [1.807, 2.05) is 0 Å². The van der Waals surface area contributed by atoms with Gasteiger partial charge in [0.05, 0.1) is 21.1 Å². The van der Waals surface area contributed by atoms with Gasteiger partial charge in [0, 0.05) is 0 Å². The monoisotopic (exact) mass is 212 g/mol. The van der Waals surface area contributed by atoms with E-state index in [0.29, 0.717) is 6.04 Å². The molecule has 0 bridgehead atoms. The Balaban J connectivity index is -0.000000405. The molecule has 0 aliphatic carbocycles. The van der Waals surface area contributed by atoms with E-state index >= 15 is 0 Å². The SMILES string of the molecule is C=C=NC(C)C[N+](C)(C)C.Cl.[Cl-]. The molecule has 1 unspecified atom stereocenters. The highest BCUT2D eigenvalue weighted by molar-refractivity contribution is 5.85. The molecule has 0 N–H and O–H groups in total. The van der Waals surface area contributed by atoms with Gasteiger partial charge in [-0.3, -0.25) is 0 Å². The first-order valence-electron chi connectivity index (χ1n) is 3.48. The molecule has 0 aromatic rings. The van der Waals surface area contributed by atoms with Gasteiger partial charge in [-0.25, -0.2) is 4.99 Å². The summed E-state index contributed by atoms with van der Waals surface area (Å²) in [7, 11) is 6.44. The fraction of sp³-hybridized carbons (Fsp3) is 0.750. The minimum absolute atomic E-state index is 0. The molecule has 74 valence electrons. The maximum absolute atomic E-state index is 4.03. The van der Waals surface area contributed by atoms with Crippen LogP contribution in [-0.2, 0) is 0 Å². The molecule has 4 heteroatoms. The van der Waals surface area contributed by atoms with Crippen LogP contribution in [0.1, 0.15) is 6.92 Å². The van der Waals surface area contributed by atoms with Gasteiger partial charge >= 0.3 is 0 Å². The zero-order chi connectivity index (χ0) is 8.20. The van der Waals surface area contributed by atoms with Gasteiger partial charge in [0.2, 0.25) is 0 Å². The van der Waals surface area contributed by atoms with Crippen LogP contribution in [0.25, 0.3) is 0 Å². The lowest BCUT2D eigenvalue weighted by molar-refractivity contribution is -0.871. The Hall–Kier alpha value is -0.0100. The molecule has 0 aliphatic heterocycles. The highest BCUT2D eigenvalue weighted by Gasteiger charge is 2.11. The standard InChI is InChI=1S/C8H17N2.2ClH/c1-6-9-8(2)7-10(3,4)5;;/h8H,1,7H2,2-5H3;2*1H/q+1;;/p-1. The number of hydrogen-bond donors (Lipinski definition) is 0. The van der Waals surface area contributed by atoms with Crippen LogP contribution in [0.4, 0.5) is 0 Å². The largest absolute Gasteiger partial charge is 1.00 e. The van der Waals surface area contributed by atoms with Gasteiger partial charge in [-0.2, -0.15) is 0 Å². The first kappa shape index (κ1) is 17.9. The summed E-state index contributed by atoms with van der Waals surface area (Å²) in [6.07, 6.45) is 0. The summed E-state index contributed by atoms with van der Waals surface area (Å²) >= 11 is 0. The van der Waals surface area contributed by atoms with Crippen molar-refractivity contribution < 1.29 is 16.9 Å². The number of rotatable bonds is 3. The quantitative estimate of drug-likeness (QED) is 0.394. The molecule has 0 saturated heterocycles. The van der Waals surface area contributed by atoms with Crippen molar-refractivity contribution in [3.05, 3.63) is 6.58 Å². The van der Waals surface area contributed by atoms with Crippen LogP contribution < -0.4 is 12.4 Å². The number of nitrogens with zero attached hydrogens (tertiary/aromatic N) is 2. The van der Waals surface area contributed by atoms with Crippen LogP contribution in [0.15, 0.2) is 11.6 Å². The average Bonchev–Trinajstić information content (AvgIpc) is 1.59. The van der Waals surface area contributed by atoms with Gasteiger partial charge in [0.25, 0.3) is 0 Å². The molecule has 12 heavy (non-hydrogen) atoms. The second-order valence-corrected chi connectivity index (χ2v) is 3.61. The molecule has 2 nitrogen and oxygen atoms in total. The van der Waals surface area contributed by atoms with Crippen LogP contribution in [0.5, 0.6) is 0 Å². The van der Waals surface area contributed by atoms with Crippen molar-refractivity contribution >= 4 is 18.3 Å². The van der Waals surface area contributed by atoms with Crippen molar-refractivity contribution in [3.63, 3.8) is 0 Å². The van der Waals surface area contributed by atoms with E-state index in [0.717, 1.165) is 11.0 Å². The normalized spacial score (nSPS) is 11.7. The van der Waals surface area contributed by atoms with Gasteiger partial charge in [-0.15, -0.1) is 12.4 Å². The molecule has 0 spiro atoms. The molecule has 0 heterocycles. The number of halogens is 2. The molecule has 0 saturated carbocycles. The highest BCUT2D eigenvalue weighted by Crippen LogP contribution is 1.96. The zero-order valence-electron chi connectivity index (χ0n) is 8.17. The minimum atomic E-state index is 0.